The van der Waals surface area contributed by atoms with Gasteiger partial charge < -0.3 is 19.9 Å². The Morgan fingerprint density at radius 1 is 1.21 bits per heavy atom. The fourth-order valence-corrected chi connectivity index (χ4v) is 6.46. The molecular formula is C28H32N8O2S. The molecule has 10 nitrogen and oxygen atoms in total. The lowest BCUT2D eigenvalue weighted by Gasteiger charge is -2.30. The van der Waals surface area contributed by atoms with Crippen LogP contribution < -0.4 is 10.2 Å². The molecule has 0 radical (unpaired) electrons. The van der Waals surface area contributed by atoms with E-state index in [0.717, 1.165) is 58.1 Å². The van der Waals surface area contributed by atoms with Crippen molar-refractivity contribution in [1.29, 1.82) is 0 Å². The summed E-state index contributed by atoms with van der Waals surface area (Å²) in [4.78, 5) is 33.0. The van der Waals surface area contributed by atoms with Crippen molar-refractivity contribution < 1.29 is 9.53 Å². The maximum Gasteiger partial charge on any atom is 0.252 e. The SMILES string of the molecule is CN(C)CCNC(=O)c1cncc(C2(C)Cc3nc(-c4cccc5[nH]ncc45)nc(N4CCOCC4)c3S2)c1. The Balaban J connectivity index is 1.36. The van der Waals surface area contributed by atoms with Crippen molar-refractivity contribution in [3.8, 4) is 11.4 Å². The van der Waals surface area contributed by atoms with Gasteiger partial charge in [0.1, 0.15) is 5.82 Å². The van der Waals surface area contributed by atoms with Crippen LogP contribution in [0.15, 0.2) is 47.8 Å². The van der Waals surface area contributed by atoms with Crippen LogP contribution in [-0.4, -0.2) is 89.4 Å². The highest BCUT2D eigenvalue weighted by Crippen LogP contribution is 2.54. The number of rotatable bonds is 7. The number of carbonyl (C=O) groups excluding carboxylic acids is 1. The third-order valence-electron chi connectivity index (χ3n) is 7.24. The molecule has 1 unspecified atom stereocenters. The molecule has 2 aliphatic rings. The molecule has 2 aliphatic heterocycles. The first-order valence-corrected chi connectivity index (χ1v) is 14.0. The van der Waals surface area contributed by atoms with Gasteiger partial charge in [0, 0.05) is 60.7 Å². The third-order valence-corrected chi connectivity index (χ3v) is 8.69. The van der Waals surface area contributed by atoms with E-state index >= 15 is 0 Å². The minimum absolute atomic E-state index is 0.111. The summed E-state index contributed by atoms with van der Waals surface area (Å²) in [7, 11) is 3.97. The molecule has 1 atom stereocenters. The second kappa shape index (κ2) is 10.6. The molecule has 0 aliphatic carbocycles. The first kappa shape index (κ1) is 25.7. The summed E-state index contributed by atoms with van der Waals surface area (Å²) >= 11 is 1.76. The third kappa shape index (κ3) is 5.09. The number of aromatic nitrogens is 5. The van der Waals surface area contributed by atoms with Crippen LogP contribution in [0.25, 0.3) is 22.3 Å². The molecule has 1 aromatic carbocycles. The predicted octanol–water partition coefficient (Wildman–Crippen LogP) is 3.11. The van der Waals surface area contributed by atoms with E-state index in [0.29, 0.717) is 37.6 Å². The highest BCUT2D eigenvalue weighted by molar-refractivity contribution is 8.00. The van der Waals surface area contributed by atoms with Crippen LogP contribution in [0.3, 0.4) is 0 Å². The standard InChI is InChI=1S/C28H32N8O2S/c1-28(19-13-18(15-29-16-19)27(37)30-7-8-35(2)3)14-23-24(39-28)26(36-9-11-38-12-10-36)33-25(32-23)20-5-4-6-22-21(20)17-31-34-22/h4-6,13,15-17H,7-12,14H2,1-3H3,(H,30,37)(H,31,34). The quantitative estimate of drug-likeness (QED) is 0.362. The zero-order valence-corrected chi connectivity index (χ0v) is 23.2. The maximum absolute atomic E-state index is 12.8. The fraction of sp³-hybridized carbons (Fsp3) is 0.393. The topological polar surface area (TPSA) is 112 Å². The normalized spacial score (nSPS) is 19.0. The minimum atomic E-state index is -0.342. The number of hydrogen-bond donors (Lipinski definition) is 2. The Morgan fingerprint density at radius 3 is 2.87 bits per heavy atom. The summed E-state index contributed by atoms with van der Waals surface area (Å²) in [5, 5.41) is 11.3. The molecule has 1 amide bonds. The Kier molecular flexibility index (Phi) is 6.96. The average Bonchev–Trinajstić information content (AvgIpc) is 3.57. The van der Waals surface area contributed by atoms with Crippen LogP contribution >= 0.6 is 11.8 Å². The van der Waals surface area contributed by atoms with Crippen LogP contribution in [0.5, 0.6) is 0 Å². The molecule has 4 aromatic rings. The molecule has 0 bridgehead atoms. The molecule has 0 spiro atoms. The van der Waals surface area contributed by atoms with E-state index < -0.39 is 0 Å². The number of amides is 1. The molecule has 1 fully saturated rings. The number of H-pyrrole nitrogens is 1. The van der Waals surface area contributed by atoms with Crippen molar-refractivity contribution in [2.75, 3.05) is 58.4 Å². The number of carbonyl (C=O) groups is 1. The van der Waals surface area contributed by atoms with Crippen molar-refractivity contribution in [3.63, 3.8) is 0 Å². The van der Waals surface area contributed by atoms with Gasteiger partial charge in [-0.25, -0.2) is 9.97 Å². The zero-order valence-electron chi connectivity index (χ0n) is 22.4. The number of nitrogens with one attached hydrogen (secondary N) is 2. The first-order valence-electron chi connectivity index (χ1n) is 13.1. The lowest BCUT2D eigenvalue weighted by molar-refractivity contribution is 0.0950. The largest absolute Gasteiger partial charge is 0.378 e. The van der Waals surface area contributed by atoms with Gasteiger partial charge >= 0.3 is 0 Å². The second-order valence-electron chi connectivity index (χ2n) is 10.4. The fourth-order valence-electron chi connectivity index (χ4n) is 5.07. The van der Waals surface area contributed by atoms with Crippen molar-refractivity contribution in [3.05, 3.63) is 59.7 Å². The Labute approximate surface area is 231 Å². The van der Waals surface area contributed by atoms with Crippen molar-refractivity contribution in [1.82, 2.24) is 35.4 Å². The van der Waals surface area contributed by atoms with E-state index in [9.17, 15) is 4.79 Å². The maximum atomic E-state index is 12.8. The van der Waals surface area contributed by atoms with Crippen LogP contribution in [0, 0.1) is 0 Å². The Morgan fingerprint density at radius 2 is 2.05 bits per heavy atom. The molecule has 3 aromatic heterocycles. The Hall–Kier alpha value is -3.54. The smallest absolute Gasteiger partial charge is 0.252 e. The van der Waals surface area contributed by atoms with Gasteiger partial charge in [-0.2, -0.15) is 5.10 Å². The van der Waals surface area contributed by atoms with Crippen LogP contribution in [0.2, 0.25) is 0 Å². The zero-order chi connectivity index (χ0) is 27.0. The number of anilines is 1. The number of benzene rings is 1. The van der Waals surface area contributed by atoms with E-state index in [1.165, 1.54) is 0 Å². The van der Waals surface area contributed by atoms with Gasteiger partial charge in [0.15, 0.2) is 5.82 Å². The van der Waals surface area contributed by atoms with E-state index in [1.807, 2.05) is 55.7 Å². The molecule has 202 valence electrons. The number of hydrogen-bond acceptors (Lipinski definition) is 9. The molecule has 11 heteroatoms. The minimum Gasteiger partial charge on any atom is -0.378 e. The number of pyridine rings is 1. The number of ether oxygens (including phenoxy) is 1. The number of thioether (sulfide) groups is 1. The number of nitrogens with zero attached hydrogens (tertiary/aromatic N) is 6. The summed E-state index contributed by atoms with van der Waals surface area (Å²) in [5.74, 6) is 1.52. The summed E-state index contributed by atoms with van der Waals surface area (Å²) in [6, 6.07) is 8.02. The number of fused-ring (bicyclic) bond motifs is 2. The van der Waals surface area contributed by atoms with Crippen LogP contribution in [-0.2, 0) is 15.9 Å². The van der Waals surface area contributed by atoms with Crippen molar-refractivity contribution >= 4 is 34.4 Å². The molecule has 2 N–H and O–H groups in total. The van der Waals surface area contributed by atoms with E-state index in [4.69, 9.17) is 14.7 Å². The number of aromatic amines is 1. The van der Waals surface area contributed by atoms with Gasteiger partial charge in [0.2, 0.25) is 0 Å². The van der Waals surface area contributed by atoms with Gasteiger partial charge in [0.05, 0.1) is 41.1 Å². The molecular weight excluding hydrogens is 512 g/mol. The van der Waals surface area contributed by atoms with Crippen molar-refractivity contribution in [2.24, 2.45) is 0 Å². The molecule has 0 saturated carbocycles. The monoisotopic (exact) mass is 544 g/mol. The lowest BCUT2D eigenvalue weighted by atomic mass is 9.95. The van der Waals surface area contributed by atoms with Gasteiger partial charge in [0.25, 0.3) is 5.91 Å². The van der Waals surface area contributed by atoms with E-state index in [-0.39, 0.29) is 10.7 Å². The average molecular weight is 545 g/mol. The van der Waals surface area contributed by atoms with Gasteiger partial charge in [-0.05, 0) is 38.7 Å². The molecule has 39 heavy (non-hydrogen) atoms. The number of likely N-dealkylation sites (N-methyl/N-ethyl adjacent to an activating group) is 1. The highest BCUT2D eigenvalue weighted by atomic mass is 32.2. The lowest BCUT2D eigenvalue weighted by Crippen LogP contribution is -2.37. The first-order chi connectivity index (χ1) is 18.9. The van der Waals surface area contributed by atoms with Crippen LogP contribution in [0.4, 0.5) is 5.82 Å². The highest BCUT2D eigenvalue weighted by Gasteiger charge is 2.40. The molecule has 5 heterocycles. The van der Waals surface area contributed by atoms with E-state index in [2.05, 4.69) is 32.3 Å². The molecule has 1 saturated heterocycles. The summed E-state index contributed by atoms with van der Waals surface area (Å²) in [6.07, 6.45) is 6.03. The summed E-state index contributed by atoms with van der Waals surface area (Å²) in [6.45, 7) is 6.45. The summed E-state index contributed by atoms with van der Waals surface area (Å²) < 4.78 is 5.29. The molecule has 6 rings (SSSR count). The van der Waals surface area contributed by atoms with Gasteiger partial charge in [-0.1, -0.05) is 12.1 Å². The second-order valence-corrected chi connectivity index (χ2v) is 11.9. The van der Waals surface area contributed by atoms with Gasteiger partial charge in [-0.3, -0.25) is 14.9 Å². The van der Waals surface area contributed by atoms with Crippen LogP contribution in [0.1, 0.15) is 28.5 Å². The van der Waals surface area contributed by atoms with E-state index in [1.54, 1.807) is 18.0 Å². The predicted molar refractivity (Wildman–Crippen MR) is 152 cm³/mol. The summed E-state index contributed by atoms with van der Waals surface area (Å²) in [5.41, 5.74) is 4.48. The number of morpholine rings is 1. The van der Waals surface area contributed by atoms with Crippen molar-refractivity contribution in [2.45, 2.75) is 23.0 Å². The van der Waals surface area contributed by atoms with Gasteiger partial charge in [-0.15, -0.1) is 11.8 Å². The Bertz CT molecular complexity index is 1520.